The fourth-order valence-corrected chi connectivity index (χ4v) is 4.44. The lowest BCUT2D eigenvalue weighted by atomic mass is 10.1. The highest BCUT2D eigenvalue weighted by Gasteiger charge is 2.35. The third kappa shape index (κ3) is 4.10. The summed E-state index contributed by atoms with van der Waals surface area (Å²) in [5.41, 5.74) is 1.11. The minimum atomic E-state index is -0.903. The molecule has 1 aliphatic heterocycles. The predicted molar refractivity (Wildman–Crippen MR) is 125 cm³/mol. The van der Waals surface area contributed by atoms with Crippen LogP contribution in [-0.2, 0) is 11.2 Å². The molecule has 9 heteroatoms. The van der Waals surface area contributed by atoms with Crippen molar-refractivity contribution < 1.29 is 14.3 Å². The van der Waals surface area contributed by atoms with Crippen molar-refractivity contribution in [3.05, 3.63) is 93.9 Å². The molecular formula is C24H20N4O4S. The molecule has 0 saturated carbocycles. The lowest BCUT2D eigenvalue weighted by Crippen LogP contribution is -2.51. The number of para-hydroxylation sites is 2. The van der Waals surface area contributed by atoms with Gasteiger partial charge in [0, 0.05) is 24.3 Å². The van der Waals surface area contributed by atoms with E-state index in [1.807, 2.05) is 30.3 Å². The molecule has 2 amide bonds. The number of thiazole rings is 1. The number of rotatable bonds is 5. The van der Waals surface area contributed by atoms with Gasteiger partial charge in [0.15, 0.2) is 11.1 Å². The highest BCUT2D eigenvalue weighted by atomic mass is 32.1. The maximum Gasteiger partial charge on any atom is 0.271 e. The zero-order valence-electron chi connectivity index (χ0n) is 17.5. The normalized spacial score (nSPS) is 15.0. The van der Waals surface area contributed by atoms with E-state index in [9.17, 15) is 14.4 Å². The Morgan fingerprint density at radius 3 is 2.76 bits per heavy atom. The van der Waals surface area contributed by atoms with Crippen LogP contribution < -0.4 is 20.5 Å². The van der Waals surface area contributed by atoms with Crippen LogP contribution in [0.2, 0.25) is 0 Å². The van der Waals surface area contributed by atoms with Crippen LogP contribution in [0.1, 0.15) is 15.9 Å². The molecular weight excluding hydrogens is 440 g/mol. The third-order valence-electron chi connectivity index (χ3n) is 5.44. The molecule has 0 fully saturated rings. The van der Waals surface area contributed by atoms with Crippen molar-refractivity contribution in [2.24, 2.45) is 0 Å². The molecule has 166 valence electrons. The molecule has 0 spiro atoms. The molecule has 8 nitrogen and oxygen atoms in total. The predicted octanol–water partition coefficient (Wildman–Crippen LogP) is 2.52. The van der Waals surface area contributed by atoms with Crippen LogP contribution in [0.5, 0.6) is 5.75 Å². The quantitative estimate of drug-likeness (QED) is 0.494. The first-order valence-electron chi connectivity index (χ1n) is 10.5. The van der Waals surface area contributed by atoms with Gasteiger partial charge >= 0.3 is 0 Å². The monoisotopic (exact) mass is 460 g/mol. The van der Waals surface area contributed by atoms with Gasteiger partial charge in [0.2, 0.25) is 0 Å². The third-order valence-corrected chi connectivity index (χ3v) is 6.21. The molecule has 0 saturated heterocycles. The van der Waals surface area contributed by atoms with Gasteiger partial charge in [-0.2, -0.15) is 0 Å². The van der Waals surface area contributed by atoms with E-state index in [-0.39, 0.29) is 18.0 Å². The first-order chi connectivity index (χ1) is 16.1. The summed E-state index contributed by atoms with van der Waals surface area (Å²) in [6.07, 6.45) is 2.66. The molecule has 2 aromatic heterocycles. The number of amides is 2. The van der Waals surface area contributed by atoms with Crippen LogP contribution in [0.3, 0.4) is 0 Å². The van der Waals surface area contributed by atoms with Gasteiger partial charge in [-0.25, -0.2) is 4.98 Å². The van der Waals surface area contributed by atoms with Crippen LogP contribution in [0.4, 0.5) is 5.69 Å². The summed E-state index contributed by atoms with van der Waals surface area (Å²) in [5, 5.41) is 4.62. The van der Waals surface area contributed by atoms with Crippen LogP contribution in [0, 0.1) is 0 Å². The number of anilines is 1. The summed E-state index contributed by atoms with van der Waals surface area (Å²) in [6, 6.07) is 16.8. The minimum absolute atomic E-state index is 0.0151. The number of hydrogen-bond acceptors (Lipinski definition) is 6. The van der Waals surface area contributed by atoms with E-state index in [1.54, 1.807) is 35.8 Å². The van der Waals surface area contributed by atoms with Crippen LogP contribution in [-0.4, -0.2) is 40.4 Å². The topological polar surface area (TPSA) is 93.0 Å². The Morgan fingerprint density at radius 1 is 1.12 bits per heavy atom. The van der Waals surface area contributed by atoms with E-state index in [4.69, 9.17) is 4.74 Å². The van der Waals surface area contributed by atoms with Gasteiger partial charge in [0.25, 0.3) is 17.4 Å². The SMILES string of the molecule is O=C(NCCc1ccccc1)[C@H]1CN(C(=O)c2cnc3sccn3c2=O)c2ccccc2O1. The zero-order chi connectivity index (χ0) is 22.8. The number of hydrogen-bond donors (Lipinski definition) is 1. The van der Waals surface area contributed by atoms with Crippen LogP contribution >= 0.6 is 11.3 Å². The largest absolute Gasteiger partial charge is 0.477 e. The van der Waals surface area contributed by atoms with Gasteiger partial charge in [-0.05, 0) is 24.1 Å². The standard InChI is InChI=1S/C24H20N4O4S/c29-21(25-11-10-16-6-2-1-3-7-16)20-15-28(18-8-4-5-9-19(18)32-20)23(31)17-14-26-24-27(22(17)30)12-13-33-24/h1-9,12-14,20H,10-11,15H2,(H,25,29)/t20-/m1/s1. The van der Waals surface area contributed by atoms with Gasteiger partial charge < -0.3 is 15.0 Å². The van der Waals surface area contributed by atoms with Gasteiger partial charge in [-0.3, -0.25) is 18.8 Å². The van der Waals surface area contributed by atoms with Crippen molar-refractivity contribution in [1.29, 1.82) is 0 Å². The fourth-order valence-electron chi connectivity index (χ4n) is 3.77. The summed E-state index contributed by atoms with van der Waals surface area (Å²) in [4.78, 5) is 45.3. The van der Waals surface area contributed by atoms with Crippen LogP contribution in [0.15, 0.2) is 77.2 Å². The number of nitrogens with one attached hydrogen (secondary N) is 1. The molecule has 0 aliphatic carbocycles. The molecule has 0 radical (unpaired) electrons. The van der Waals surface area contributed by atoms with Crippen molar-refractivity contribution in [3.63, 3.8) is 0 Å². The average molecular weight is 461 g/mol. The molecule has 2 aromatic carbocycles. The number of carbonyl (C=O) groups is 2. The second-order valence-electron chi connectivity index (χ2n) is 7.55. The van der Waals surface area contributed by atoms with Gasteiger partial charge in [0.1, 0.15) is 11.3 Å². The second-order valence-corrected chi connectivity index (χ2v) is 8.42. The number of nitrogens with zero attached hydrogens (tertiary/aromatic N) is 3. The Hall–Kier alpha value is -3.98. The molecule has 5 rings (SSSR count). The molecule has 4 aromatic rings. The first kappa shape index (κ1) is 20.9. The van der Waals surface area contributed by atoms with E-state index in [1.165, 1.54) is 26.8 Å². The summed E-state index contributed by atoms with van der Waals surface area (Å²) in [5.74, 6) is -0.433. The number of aromatic nitrogens is 2. The molecule has 33 heavy (non-hydrogen) atoms. The average Bonchev–Trinajstić information content (AvgIpc) is 3.34. The summed E-state index contributed by atoms with van der Waals surface area (Å²) in [6.45, 7) is 0.428. The lowest BCUT2D eigenvalue weighted by molar-refractivity contribution is -0.127. The molecule has 3 heterocycles. The second kappa shape index (κ2) is 8.87. The Morgan fingerprint density at radius 2 is 1.91 bits per heavy atom. The Bertz CT molecular complexity index is 1380. The molecule has 0 bridgehead atoms. The molecule has 0 unspecified atom stereocenters. The fraction of sp³-hybridized carbons (Fsp3) is 0.167. The summed E-state index contributed by atoms with van der Waals surface area (Å²) in [7, 11) is 0. The molecule has 1 atom stereocenters. The number of benzene rings is 2. The maximum absolute atomic E-state index is 13.4. The minimum Gasteiger partial charge on any atom is -0.477 e. The van der Waals surface area contributed by atoms with E-state index >= 15 is 0 Å². The highest BCUT2D eigenvalue weighted by Crippen LogP contribution is 2.33. The summed E-state index contributed by atoms with van der Waals surface area (Å²) >= 11 is 1.31. The lowest BCUT2D eigenvalue weighted by Gasteiger charge is -2.34. The van der Waals surface area contributed by atoms with E-state index < -0.39 is 17.6 Å². The maximum atomic E-state index is 13.4. The smallest absolute Gasteiger partial charge is 0.271 e. The highest BCUT2D eigenvalue weighted by molar-refractivity contribution is 7.15. The van der Waals surface area contributed by atoms with E-state index in [0.717, 1.165) is 5.56 Å². The van der Waals surface area contributed by atoms with Crippen molar-refractivity contribution >= 4 is 33.8 Å². The van der Waals surface area contributed by atoms with Gasteiger partial charge in [0.05, 0.1) is 12.2 Å². The van der Waals surface area contributed by atoms with Gasteiger partial charge in [-0.15, -0.1) is 11.3 Å². The van der Waals surface area contributed by atoms with E-state index in [2.05, 4.69) is 10.3 Å². The van der Waals surface area contributed by atoms with Gasteiger partial charge in [-0.1, -0.05) is 42.5 Å². The number of carbonyl (C=O) groups excluding carboxylic acids is 2. The number of fused-ring (bicyclic) bond motifs is 2. The summed E-state index contributed by atoms with van der Waals surface area (Å²) < 4.78 is 7.24. The van der Waals surface area contributed by atoms with Crippen molar-refractivity contribution in [2.75, 3.05) is 18.0 Å². The van der Waals surface area contributed by atoms with Crippen molar-refractivity contribution in [2.45, 2.75) is 12.5 Å². The molecule has 1 aliphatic rings. The Labute approximate surface area is 193 Å². The zero-order valence-corrected chi connectivity index (χ0v) is 18.3. The van der Waals surface area contributed by atoms with Crippen LogP contribution in [0.25, 0.3) is 4.96 Å². The Balaban J connectivity index is 1.37. The number of ether oxygens (including phenoxy) is 1. The first-order valence-corrected chi connectivity index (χ1v) is 11.3. The van der Waals surface area contributed by atoms with Crippen molar-refractivity contribution in [1.82, 2.24) is 14.7 Å². The molecule has 1 N–H and O–H groups in total. The Kier molecular flexibility index (Phi) is 5.62. The van der Waals surface area contributed by atoms with Crippen molar-refractivity contribution in [3.8, 4) is 5.75 Å². The van der Waals surface area contributed by atoms with E-state index in [0.29, 0.717) is 29.4 Å².